The highest BCUT2D eigenvalue weighted by Gasteiger charge is 2.24. The zero-order valence-corrected chi connectivity index (χ0v) is 14.8. The minimum absolute atomic E-state index is 0.274. The van der Waals surface area contributed by atoms with Crippen molar-refractivity contribution in [3.8, 4) is 6.07 Å². The smallest absolute Gasteiger partial charge is 0.188 e. The number of nitriles is 1. The Morgan fingerprint density at radius 1 is 1.28 bits per heavy atom. The minimum atomic E-state index is -0.274. The number of H-pyrrole nitrogens is 2. The van der Waals surface area contributed by atoms with Crippen molar-refractivity contribution < 1.29 is 0 Å². The van der Waals surface area contributed by atoms with Gasteiger partial charge in [-0.1, -0.05) is 27.4 Å². The fourth-order valence-corrected chi connectivity index (χ4v) is 2.45. The first-order valence-electron chi connectivity index (χ1n) is 7.74. The first-order chi connectivity index (χ1) is 11.7. The number of hydrogen-bond donors (Lipinski definition) is 2. The van der Waals surface area contributed by atoms with Gasteiger partial charge in [-0.3, -0.25) is 5.10 Å². The molecule has 0 amide bonds. The van der Waals surface area contributed by atoms with Gasteiger partial charge in [0.05, 0.1) is 5.69 Å². The van der Waals surface area contributed by atoms with Gasteiger partial charge in [0.1, 0.15) is 23.2 Å². The van der Waals surface area contributed by atoms with Crippen LogP contribution in [0.15, 0.2) is 16.8 Å². The molecule has 0 spiro atoms. The van der Waals surface area contributed by atoms with Crippen molar-refractivity contribution in [2.24, 2.45) is 10.2 Å². The third-order valence-electron chi connectivity index (χ3n) is 3.61. The maximum atomic E-state index is 9.47. The maximum absolute atomic E-state index is 9.47. The summed E-state index contributed by atoms with van der Waals surface area (Å²) in [5.74, 6) is 1.03. The summed E-state index contributed by atoms with van der Waals surface area (Å²) in [5.41, 5.74) is 3.24. The number of allylic oxidation sites excluding steroid dienone is 1. The highest BCUT2D eigenvalue weighted by molar-refractivity contribution is 5.78. The maximum Gasteiger partial charge on any atom is 0.188 e. The molecule has 25 heavy (non-hydrogen) atoms. The number of nitrogens with zero attached hydrogens (tertiary/aromatic N) is 7. The summed E-state index contributed by atoms with van der Waals surface area (Å²) in [5, 5.41) is 33.6. The minimum Gasteiger partial charge on any atom is -0.324 e. The van der Waals surface area contributed by atoms with Crippen molar-refractivity contribution in [1.82, 2.24) is 30.0 Å². The number of aromatic nitrogens is 6. The molecule has 9 nitrogen and oxygen atoms in total. The molecule has 0 unspecified atom stereocenters. The van der Waals surface area contributed by atoms with E-state index in [1.165, 1.54) is 4.63 Å². The number of nitrogens with one attached hydrogen (secondary N) is 2. The van der Waals surface area contributed by atoms with Gasteiger partial charge in [0.25, 0.3) is 0 Å². The summed E-state index contributed by atoms with van der Waals surface area (Å²) in [6, 6.07) is 2.15. The Morgan fingerprint density at radius 3 is 2.60 bits per heavy atom. The van der Waals surface area contributed by atoms with Gasteiger partial charge in [0.15, 0.2) is 17.2 Å². The van der Waals surface area contributed by atoms with Crippen LogP contribution in [0.2, 0.25) is 0 Å². The van der Waals surface area contributed by atoms with Crippen LogP contribution in [-0.2, 0) is 5.41 Å². The lowest BCUT2D eigenvalue weighted by Crippen LogP contribution is -2.13. The van der Waals surface area contributed by atoms with Crippen LogP contribution in [0, 0.1) is 18.3 Å². The Balaban J connectivity index is 2.11. The molecule has 0 aliphatic rings. The molecule has 0 saturated heterocycles. The molecule has 0 atom stereocenters. The Morgan fingerprint density at radius 2 is 2.00 bits per heavy atom. The molecule has 0 saturated carbocycles. The second kappa shape index (κ2) is 5.66. The van der Waals surface area contributed by atoms with Gasteiger partial charge in [-0.15, -0.1) is 25.1 Å². The number of fused-ring (bicyclic) bond motifs is 1. The molecule has 0 aromatic carbocycles. The van der Waals surface area contributed by atoms with Gasteiger partial charge < -0.3 is 4.98 Å². The molecule has 3 aromatic heterocycles. The van der Waals surface area contributed by atoms with Crippen LogP contribution in [0.25, 0.3) is 11.2 Å². The zero-order valence-electron chi connectivity index (χ0n) is 14.8. The van der Waals surface area contributed by atoms with Crippen molar-refractivity contribution >= 4 is 22.7 Å². The van der Waals surface area contributed by atoms with Gasteiger partial charge in [-0.25, -0.2) is 0 Å². The first kappa shape index (κ1) is 16.6. The summed E-state index contributed by atoms with van der Waals surface area (Å²) in [6.07, 6.45) is 0. The van der Waals surface area contributed by atoms with Crippen molar-refractivity contribution in [2.75, 3.05) is 0 Å². The summed E-state index contributed by atoms with van der Waals surface area (Å²) < 4.78 is 1.46. The highest BCUT2D eigenvalue weighted by Crippen LogP contribution is 2.33. The molecule has 0 aliphatic carbocycles. The van der Waals surface area contributed by atoms with Crippen LogP contribution in [0.1, 0.15) is 50.5 Å². The molecule has 0 fully saturated rings. The molecular weight excluding hydrogens is 318 g/mol. The third-order valence-corrected chi connectivity index (χ3v) is 3.61. The number of hydrogen-bond acceptors (Lipinski definition) is 6. The van der Waals surface area contributed by atoms with Gasteiger partial charge in [0.2, 0.25) is 0 Å². The van der Waals surface area contributed by atoms with Crippen LogP contribution in [-0.4, -0.2) is 30.0 Å². The summed E-state index contributed by atoms with van der Waals surface area (Å²) in [7, 11) is 0. The molecule has 0 bridgehead atoms. The fourth-order valence-electron chi connectivity index (χ4n) is 2.45. The zero-order chi connectivity index (χ0) is 18.4. The Labute approximate surface area is 144 Å². The summed E-state index contributed by atoms with van der Waals surface area (Å²) in [4.78, 5) is 3.10. The van der Waals surface area contributed by atoms with Crippen LogP contribution >= 0.6 is 0 Å². The number of aromatic amines is 2. The van der Waals surface area contributed by atoms with Crippen molar-refractivity contribution in [3.63, 3.8) is 0 Å². The van der Waals surface area contributed by atoms with E-state index in [0.717, 1.165) is 5.57 Å². The van der Waals surface area contributed by atoms with Crippen LogP contribution in [0.5, 0.6) is 0 Å². The van der Waals surface area contributed by atoms with Crippen molar-refractivity contribution in [2.45, 2.75) is 40.0 Å². The predicted octanol–water partition coefficient (Wildman–Crippen LogP) is 3.71. The molecule has 0 aliphatic heterocycles. The molecule has 9 heteroatoms. The van der Waals surface area contributed by atoms with Gasteiger partial charge in [-0.2, -0.15) is 10.4 Å². The topological polar surface area (TPSA) is 123 Å². The molecule has 3 rings (SSSR count). The second-order valence-electron chi connectivity index (χ2n) is 6.88. The van der Waals surface area contributed by atoms with E-state index in [0.29, 0.717) is 39.9 Å². The number of aryl methyl sites for hydroxylation is 1. The molecular formula is C16H19N9. The van der Waals surface area contributed by atoms with Gasteiger partial charge >= 0.3 is 0 Å². The largest absolute Gasteiger partial charge is 0.324 e. The second-order valence-corrected chi connectivity index (χ2v) is 6.88. The Bertz CT molecular complexity index is 1030. The lowest BCUT2D eigenvalue weighted by atomic mass is 9.90. The normalized spacial score (nSPS) is 12.2. The average Bonchev–Trinajstić information content (AvgIpc) is 3.15. The van der Waals surface area contributed by atoms with Crippen molar-refractivity contribution in [3.05, 3.63) is 29.4 Å². The van der Waals surface area contributed by atoms with Crippen LogP contribution in [0.3, 0.4) is 0 Å². The summed E-state index contributed by atoms with van der Waals surface area (Å²) >= 11 is 0. The van der Waals surface area contributed by atoms with E-state index < -0.39 is 0 Å². The van der Waals surface area contributed by atoms with E-state index in [9.17, 15) is 5.26 Å². The average molecular weight is 337 g/mol. The SMILES string of the molecule is C=C(C)c1nn2nc(C)[nH]c2c1N=Nc1[nH]nc(C(C)(C)C)c1C#N. The number of azo groups is 1. The summed E-state index contributed by atoms with van der Waals surface area (Å²) in [6.45, 7) is 13.5. The standard InChI is InChI=1S/C16H19N9/c1-8(2)11-12(15-18-9(3)23-25(15)24-11)19-21-14-10(7-17)13(20-22-14)16(4,5)6/h1H2,2-6H3,(H,18,23)(H,20,22). The number of rotatable bonds is 3. The van der Waals surface area contributed by atoms with Crippen LogP contribution < -0.4 is 0 Å². The van der Waals surface area contributed by atoms with E-state index in [2.05, 4.69) is 48.3 Å². The highest BCUT2D eigenvalue weighted by atomic mass is 15.5. The van der Waals surface area contributed by atoms with Crippen molar-refractivity contribution in [1.29, 1.82) is 5.26 Å². The Kier molecular flexibility index (Phi) is 3.75. The molecule has 0 radical (unpaired) electrons. The van der Waals surface area contributed by atoms with Gasteiger partial charge in [-0.05, 0) is 19.4 Å². The van der Waals surface area contributed by atoms with Gasteiger partial charge in [0, 0.05) is 5.41 Å². The molecule has 3 aromatic rings. The van der Waals surface area contributed by atoms with E-state index >= 15 is 0 Å². The molecule has 128 valence electrons. The van der Waals surface area contributed by atoms with E-state index in [4.69, 9.17) is 0 Å². The molecule has 3 heterocycles. The van der Waals surface area contributed by atoms with E-state index in [1.807, 2.05) is 34.6 Å². The monoisotopic (exact) mass is 337 g/mol. The molecule has 2 N–H and O–H groups in total. The van der Waals surface area contributed by atoms with Crippen LogP contribution in [0.4, 0.5) is 11.5 Å². The van der Waals surface area contributed by atoms with E-state index in [-0.39, 0.29) is 5.41 Å². The lowest BCUT2D eigenvalue weighted by Gasteiger charge is -2.14. The quantitative estimate of drug-likeness (QED) is 0.707. The van der Waals surface area contributed by atoms with E-state index in [1.54, 1.807) is 0 Å². The lowest BCUT2D eigenvalue weighted by molar-refractivity contribution is 0.565. The predicted molar refractivity (Wildman–Crippen MR) is 93.0 cm³/mol. The fraction of sp³-hybridized carbons (Fsp3) is 0.375. The third kappa shape index (κ3) is 2.82. The Hall–Kier alpha value is -3.28. The first-order valence-corrected chi connectivity index (χ1v) is 7.74.